The summed E-state index contributed by atoms with van der Waals surface area (Å²) in [6, 6.07) is 17.9. The van der Waals surface area contributed by atoms with E-state index in [1.165, 1.54) is 36.4 Å². The second kappa shape index (κ2) is 10.5. The van der Waals surface area contributed by atoms with Gasteiger partial charge in [-0.25, -0.2) is 4.39 Å². The zero-order valence-electron chi connectivity index (χ0n) is 16.8. The number of rotatable bonds is 10. The fourth-order valence-corrected chi connectivity index (χ4v) is 4.30. The van der Waals surface area contributed by atoms with Gasteiger partial charge in [-0.2, -0.15) is 0 Å². The molecule has 0 saturated carbocycles. The van der Waals surface area contributed by atoms with Gasteiger partial charge in [0.1, 0.15) is 5.82 Å². The van der Waals surface area contributed by atoms with Gasteiger partial charge in [0.25, 0.3) is 11.4 Å². The summed E-state index contributed by atoms with van der Waals surface area (Å²) in [6.07, 6.45) is 0. The molecule has 0 unspecified atom stereocenters. The first-order valence-corrected chi connectivity index (χ1v) is 10.7. The Bertz CT molecular complexity index is 1080. The second-order valence-electron chi connectivity index (χ2n) is 6.62. The lowest BCUT2D eigenvalue weighted by Crippen LogP contribution is -2.25. The Morgan fingerprint density at radius 1 is 0.812 bits per heavy atom. The van der Waals surface area contributed by atoms with Crippen LogP contribution in [0.1, 0.15) is 16.7 Å². The van der Waals surface area contributed by atoms with Gasteiger partial charge in [-0.15, -0.1) is 0 Å². The molecule has 3 aromatic rings. The van der Waals surface area contributed by atoms with Crippen LogP contribution in [0.4, 0.5) is 15.8 Å². The zero-order valence-corrected chi connectivity index (χ0v) is 17.8. The molecule has 0 aromatic heterocycles. The third-order valence-corrected chi connectivity index (χ3v) is 6.13. The van der Waals surface area contributed by atoms with Crippen molar-refractivity contribution in [1.82, 2.24) is 0 Å². The fraction of sp³-hybridized carbons (Fsp3) is 0.0909. The SMILES string of the molecule is C=C(c1ccc(F)cc1)[Si](OCc1ccccc1[N+](=O)[O-])OCc1ccccc1[N+](=O)[O-]. The number of hydrogen-bond donors (Lipinski definition) is 0. The van der Waals surface area contributed by atoms with Crippen LogP contribution in [0, 0.1) is 26.0 Å². The predicted molar refractivity (Wildman–Crippen MR) is 117 cm³/mol. The molecule has 1 radical (unpaired) electrons. The molecule has 0 atom stereocenters. The Morgan fingerprint density at radius 3 is 1.69 bits per heavy atom. The highest BCUT2D eigenvalue weighted by Crippen LogP contribution is 2.25. The predicted octanol–water partition coefficient (Wildman–Crippen LogP) is 5.12. The minimum absolute atomic E-state index is 0.0973. The third-order valence-electron chi connectivity index (χ3n) is 4.53. The standard InChI is InChI=1S/C22H18FN2O6Si/c1-16(17-10-12-20(23)13-11-17)32(30-14-18-6-2-4-8-21(18)24(26)27)31-15-19-7-3-5-9-22(19)25(28)29/h2-13H,1,14-15H2. The van der Waals surface area contributed by atoms with E-state index in [0.29, 0.717) is 21.9 Å². The van der Waals surface area contributed by atoms with E-state index in [0.717, 1.165) is 0 Å². The molecule has 10 heteroatoms. The lowest BCUT2D eigenvalue weighted by molar-refractivity contribution is -0.385. The maximum absolute atomic E-state index is 13.3. The Hall–Kier alpha value is -3.73. The van der Waals surface area contributed by atoms with Crippen LogP contribution >= 0.6 is 0 Å². The minimum Gasteiger partial charge on any atom is -0.385 e. The lowest BCUT2D eigenvalue weighted by Gasteiger charge is -2.18. The van der Waals surface area contributed by atoms with Gasteiger partial charge < -0.3 is 8.85 Å². The Kier molecular flexibility index (Phi) is 7.55. The first-order chi connectivity index (χ1) is 15.4. The summed E-state index contributed by atoms with van der Waals surface area (Å²) < 4.78 is 25.1. The summed E-state index contributed by atoms with van der Waals surface area (Å²) in [5, 5.41) is 23.0. The van der Waals surface area contributed by atoms with Gasteiger partial charge in [-0.3, -0.25) is 20.2 Å². The highest BCUT2D eigenvalue weighted by molar-refractivity contribution is 6.67. The van der Waals surface area contributed by atoms with Crippen LogP contribution in [0.25, 0.3) is 5.20 Å². The molecule has 0 bridgehead atoms. The van der Waals surface area contributed by atoms with E-state index in [1.807, 2.05) is 0 Å². The van der Waals surface area contributed by atoms with Crippen molar-refractivity contribution >= 4 is 25.9 Å². The molecule has 0 amide bonds. The number of halogens is 1. The molecule has 0 fully saturated rings. The average Bonchev–Trinajstić information content (AvgIpc) is 2.79. The van der Waals surface area contributed by atoms with Crippen molar-refractivity contribution in [3.8, 4) is 0 Å². The molecule has 3 aromatic carbocycles. The normalized spacial score (nSPS) is 10.8. The van der Waals surface area contributed by atoms with E-state index in [4.69, 9.17) is 8.85 Å². The van der Waals surface area contributed by atoms with Crippen LogP contribution in [-0.2, 0) is 22.1 Å². The molecule has 0 aliphatic heterocycles. The molecular weight excluding hydrogens is 435 g/mol. The van der Waals surface area contributed by atoms with Crippen LogP contribution in [0.3, 0.4) is 0 Å². The van der Waals surface area contributed by atoms with E-state index in [-0.39, 0.29) is 24.6 Å². The molecule has 0 aliphatic carbocycles. The fourth-order valence-electron chi connectivity index (χ4n) is 2.89. The molecule has 163 valence electrons. The Morgan fingerprint density at radius 2 is 1.25 bits per heavy atom. The highest BCUT2D eigenvalue weighted by Gasteiger charge is 2.25. The first-order valence-electron chi connectivity index (χ1n) is 9.39. The van der Waals surface area contributed by atoms with Crippen molar-refractivity contribution < 1.29 is 23.1 Å². The summed E-state index contributed by atoms with van der Waals surface area (Å²) >= 11 is 0. The van der Waals surface area contributed by atoms with Crippen molar-refractivity contribution in [2.24, 2.45) is 0 Å². The van der Waals surface area contributed by atoms with Gasteiger partial charge in [0.05, 0.1) is 34.2 Å². The van der Waals surface area contributed by atoms with Crippen molar-refractivity contribution in [2.75, 3.05) is 0 Å². The van der Waals surface area contributed by atoms with Crippen molar-refractivity contribution in [1.29, 1.82) is 0 Å². The molecular formula is C22H18FN2O6Si. The topological polar surface area (TPSA) is 105 Å². The quantitative estimate of drug-likeness (QED) is 0.240. The van der Waals surface area contributed by atoms with Crippen molar-refractivity contribution in [3.63, 3.8) is 0 Å². The number of hydrogen-bond acceptors (Lipinski definition) is 6. The van der Waals surface area contributed by atoms with Gasteiger partial charge in [-0.05, 0) is 35.0 Å². The number of nitro benzene ring substituents is 2. The number of nitrogens with zero attached hydrogens (tertiary/aromatic N) is 2. The van der Waals surface area contributed by atoms with E-state index in [1.54, 1.807) is 36.4 Å². The highest BCUT2D eigenvalue weighted by atomic mass is 28.3. The molecule has 0 aliphatic rings. The van der Waals surface area contributed by atoms with E-state index >= 15 is 0 Å². The zero-order chi connectivity index (χ0) is 23.1. The van der Waals surface area contributed by atoms with Crippen molar-refractivity contribution in [2.45, 2.75) is 13.2 Å². The molecule has 32 heavy (non-hydrogen) atoms. The molecule has 0 spiro atoms. The number of nitro groups is 2. The van der Waals surface area contributed by atoms with Gasteiger partial charge in [-0.1, -0.05) is 43.0 Å². The van der Waals surface area contributed by atoms with E-state index in [9.17, 15) is 24.6 Å². The van der Waals surface area contributed by atoms with Crippen molar-refractivity contribution in [3.05, 3.63) is 122 Å². The summed E-state index contributed by atoms with van der Waals surface area (Å²) in [7, 11) is -2.33. The average molecular weight is 453 g/mol. The molecule has 0 heterocycles. The minimum atomic E-state index is -2.33. The van der Waals surface area contributed by atoms with E-state index < -0.39 is 24.9 Å². The van der Waals surface area contributed by atoms with Crippen LogP contribution < -0.4 is 0 Å². The number of benzene rings is 3. The summed E-state index contributed by atoms with van der Waals surface area (Å²) in [5.41, 5.74) is 1.08. The Labute approximate surface area is 184 Å². The third kappa shape index (κ3) is 5.69. The van der Waals surface area contributed by atoms with E-state index in [2.05, 4.69) is 6.58 Å². The maximum Gasteiger partial charge on any atom is 0.424 e. The van der Waals surface area contributed by atoms with Crippen LogP contribution in [0.2, 0.25) is 0 Å². The molecule has 0 N–H and O–H groups in total. The summed E-state index contributed by atoms with van der Waals surface area (Å²) in [4.78, 5) is 21.5. The second-order valence-corrected chi connectivity index (χ2v) is 8.38. The first kappa shape index (κ1) is 22.9. The Balaban J connectivity index is 1.83. The molecule has 3 rings (SSSR count). The van der Waals surface area contributed by atoms with Crippen LogP contribution in [0.5, 0.6) is 0 Å². The maximum atomic E-state index is 13.3. The monoisotopic (exact) mass is 453 g/mol. The summed E-state index contributed by atoms with van der Waals surface area (Å²) in [6.45, 7) is 3.75. The largest absolute Gasteiger partial charge is 0.424 e. The smallest absolute Gasteiger partial charge is 0.385 e. The van der Waals surface area contributed by atoms with Gasteiger partial charge in [0.2, 0.25) is 0 Å². The number of para-hydroxylation sites is 2. The lowest BCUT2D eigenvalue weighted by atomic mass is 10.2. The molecule has 8 nitrogen and oxygen atoms in total. The molecule has 0 saturated heterocycles. The van der Waals surface area contributed by atoms with Gasteiger partial charge in [0.15, 0.2) is 0 Å². The van der Waals surface area contributed by atoms with Crippen LogP contribution in [-0.4, -0.2) is 19.1 Å². The van der Waals surface area contributed by atoms with Gasteiger partial charge >= 0.3 is 9.28 Å². The van der Waals surface area contributed by atoms with Crippen LogP contribution in [0.15, 0.2) is 79.4 Å². The van der Waals surface area contributed by atoms with Gasteiger partial charge in [0, 0.05) is 12.1 Å². The summed E-state index contributed by atoms with van der Waals surface area (Å²) in [5.74, 6) is -0.419.